The molecular weight excluding hydrogens is 232 g/mol. The molecule has 0 heterocycles. The quantitative estimate of drug-likeness (QED) is 0.351. The van der Waals surface area contributed by atoms with Crippen LogP contribution in [-0.4, -0.2) is 23.7 Å². The fourth-order valence-electron chi connectivity index (χ4n) is 1.68. The number of rotatable bonds is 11. The molecule has 0 spiro atoms. The third-order valence-electron chi connectivity index (χ3n) is 2.75. The van der Waals surface area contributed by atoms with Crippen LogP contribution >= 0.6 is 0 Å². The Labute approximate surface area is 110 Å². The summed E-state index contributed by atoms with van der Waals surface area (Å²) in [4.78, 5) is 22.3. The van der Waals surface area contributed by atoms with Crippen molar-refractivity contribution in [3.05, 3.63) is 0 Å². The van der Waals surface area contributed by atoms with Crippen molar-refractivity contribution >= 4 is 11.9 Å². The van der Waals surface area contributed by atoms with E-state index < -0.39 is 11.9 Å². The first kappa shape index (κ1) is 17.1. The third kappa shape index (κ3) is 11.6. The molecule has 0 rings (SSSR count). The highest BCUT2D eigenvalue weighted by molar-refractivity contribution is 5.85. The second-order valence-corrected chi connectivity index (χ2v) is 4.54. The van der Waals surface area contributed by atoms with Crippen LogP contribution in [-0.2, 0) is 14.3 Å². The number of ether oxygens (including phenoxy) is 1. The number of unbranched alkanes of at least 4 members (excludes halogenated alkanes) is 6. The summed E-state index contributed by atoms with van der Waals surface area (Å²) in [6.45, 7) is 2.13. The SMILES string of the molecule is CCCCCCCCCC(=O)OC(=O)CCCO. The highest BCUT2D eigenvalue weighted by Crippen LogP contribution is 2.09. The molecule has 0 saturated heterocycles. The number of hydrogen-bond donors (Lipinski definition) is 1. The van der Waals surface area contributed by atoms with Gasteiger partial charge < -0.3 is 9.84 Å². The molecule has 0 aromatic heterocycles. The molecule has 0 radical (unpaired) electrons. The summed E-state index contributed by atoms with van der Waals surface area (Å²) in [5.74, 6) is -0.969. The minimum atomic E-state index is -0.531. The van der Waals surface area contributed by atoms with Crippen molar-refractivity contribution in [2.24, 2.45) is 0 Å². The van der Waals surface area contributed by atoms with Crippen molar-refractivity contribution in [3.63, 3.8) is 0 Å². The first-order chi connectivity index (χ1) is 8.70. The van der Waals surface area contributed by atoms with Gasteiger partial charge in [-0.05, 0) is 12.8 Å². The van der Waals surface area contributed by atoms with Gasteiger partial charge in [-0.15, -0.1) is 0 Å². The van der Waals surface area contributed by atoms with Crippen molar-refractivity contribution < 1.29 is 19.4 Å². The van der Waals surface area contributed by atoms with E-state index in [0.717, 1.165) is 19.3 Å². The average Bonchev–Trinajstić information content (AvgIpc) is 2.35. The highest BCUT2D eigenvalue weighted by atomic mass is 16.6. The van der Waals surface area contributed by atoms with Gasteiger partial charge in [0.2, 0.25) is 0 Å². The molecule has 0 aromatic carbocycles. The third-order valence-corrected chi connectivity index (χ3v) is 2.75. The number of hydrogen-bond acceptors (Lipinski definition) is 4. The van der Waals surface area contributed by atoms with Gasteiger partial charge in [0.1, 0.15) is 0 Å². The van der Waals surface area contributed by atoms with E-state index in [0.29, 0.717) is 12.8 Å². The largest absolute Gasteiger partial charge is 0.396 e. The summed E-state index contributed by atoms with van der Waals surface area (Å²) in [5, 5.41) is 8.52. The lowest BCUT2D eigenvalue weighted by atomic mass is 10.1. The molecule has 106 valence electrons. The number of carbonyl (C=O) groups is 2. The molecule has 4 nitrogen and oxygen atoms in total. The maximum atomic E-state index is 11.2. The highest BCUT2D eigenvalue weighted by Gasteiger charge is 2.09. The van der Waals surface area contributed by atoms with Gasteiger partial charge in [-0.2, -0.15) is 0 Å². The number of aliphatic hydroxyl groups excluding tert-OH is 1. The Morgan fingerprint density at radius 1 is 0.833 bits per heavy atom. The molecule has 18 heavy (non-hydrogen) atoms. The predicted octanol–water partition coefficient (Wildman–Crippen LogP) is 2.97. The van der Waals surface area contributed by atoms with Crippen molar-refractivity contribution in [1.29, 1.82) is 0 Å². The Balaban J connectivity index is 3.34. The number of aliphatic hydroxyl groups is 1. The monoisotopic (exact) mass is 258 g/mol. The van der Waals surface area contributed by atoms with E-state index >= 15 is 0 Å². The second-order valence-electron chi connectivity index (χ2n) is 4.54. The number of carbonyl (C=O) groups excluding carboxylic acids is 2. The zero-order valence-electron chi connectivity index (χ0n) is 11.5. The lowest BCUT2D eigenvalue weighted by molar-refractivity contribution is -0.159. The van der Waals surface area contributed by atoms with Gasteiger partial charge >= 0.3 is 11.9 Å². The molecule has 0 bridgehead atoms. The Bertz CT molecular complexity index is 226. The first-order valence-electron chi connectivity index (χ1n) is 7.05. The van der Waals surface area contributed by atoms with Gasteiger partial charge in [-0.25, -0.2) is 0 Å². The lowest BCUT2D eigenvalue weighted by Gasteiger charge is -2.03. The minimum absolute atomic E-state index is 0.0545. The first-order valence-corrected chi connectivity index (χ1v) is 7.05. The molecular formula is C14H26O4. The normalized spacial score (nSPS) is 10.3. The fraction of sp³-hybridized carbons (Fsp3) is 0.857. The van der Waals surface area contributed by atoms with Gasteiger partial charge in [-0.1, -0.05) is 45.4 Å². The molecule has 0 aliphatic rings. The molecule has 1 N–H and O–H groups in total. The summed E-state index contributed by atoms with van der Waals surface area (Å²) in [7, 11) is 0. The van der Waals surface area contributed by atoms with Gasteiger partial charge in [0.15, 0.2) is 0 Å². The molecule has 0 amide bonds. The van der Waals surface area contributed by atoms with Crippen molar-refractivity contribution in [2.75, 3.05) is 6.61 Å². The molecule has 0 aliphatic carbocycles. The minimum Gasteiger partial charge on any atom is -0.396 e. The lowest BCUT2D eigenvalue weighted by Crippen LogP contribution is -2.12. The molecule has 4 heteroatoms. The van der Waals surface area contributed by atoms with E-state index in [9.17, 15) is 9.59 Å². The van der Waals surface area contributed by atoms with E-state index in [1.165, 1.54) is 25.7 Å². The van der Waals surface area contributed by atoms with Crippen LogP contribution in [0.5, 0.6) is 0 Å². The van der Waals surface area contributed by atoms with E-state index in [-0.39, 0.29) is 13.0 Å². The van der Waals surface area contributed by atoms with Crippen molar-refractivity contribution in [2.45, 2.75) is 71.1 Å². The Hall–Kier alpha value is -0.900. The van der Waals surface area contributed by atoms with Gasteiger partial charge in [-0.3, -0.25) is 9.59 Å². The zero-order chi connectivity index (χ0) is 13.6. The number of esters is 2. The van der Waals surface area contributed by atoms with Crippen LogP contribution in [0.15, 0.2) is 0 Å². The van der Waals surface area contributed by atoms with Crippen LogP contribution in [0.25, 0.3) is 0 Å². The van der Waals surface area contributed by atoms with Crippen molar-refractivity contribution in [3.8, 4) is 0 Å². The average molecular weight is 258 g/mol. The van der Waals surface area contributed by atoms with E-state index in [1.807, 2.05) is 0 Å². The van der Waals surface area contributed by atoms with Crippen LogP contribution in [0.2, 0.25) is 0 Å². The Kier molecular flexibility index (Phi) is 11.9. The summed E-state index contributed by atoms with van der Waals surface area (Å²) < 4.78 is 4.61. The standard InChI is InChI=1S/C14H26O4/c1-2-3-4-5-6-7-8-10-13(16)18-14(17)11-9-12-15/h15H,2-12H2,1H3. The Morgan fingerprint density at radius 2 is 1.33 bits per heavy atom. The molecule has 0 unspecified atom stereocenters. The van der Waals surface area contributed by atoms with E-state index in [2.05, 4.69) is 11.7 Å². The zero-order valence-corrected chi connectivity index (χ0v) is 11.5. The summed E-state index contributed by atoms with van der Waals surface area (Å²) in [6.07, 6.45) is 8.73. The smallest absolute Gasteiger partial charge is 0.313 e. The van der Waals surface area contributed by atoms with Gasteiger partial charge in [0.25, 0.3) is 0 Å². The van der Waals surface area contributed by atoms with Crippen LogP contribution < -0.4 is 0 Å². The Morgan fingerprint density at radius 3 is 1.89 bits per heavy atom. The molecule has 0 atom stereocenters. The summed E-state index contributed by atoms with van der Waals surface area (Å²) in [6, 6.07) is 0. The van der Waals surface area contributed by atoms with Crippen LogP contribution in [0.3, 0.4) is 0 Å². The van der Waals surface area contributed by atoms with E-state index in [1.54, 1.807) is 0 Å². The van der Waals surface area contributed by atoms with Gasteiger partial charge in [0.05, 0.1) is 0 Å². The molecule has 0 aromatic rings. The fourth-order valence-corrected chi connectivity index (χ4v) is 1.68. The summed E-state index contributed by atoms with van der Waals surface area (Å²) in [5.41, 5.74) is 0. The molecule has 0 fully saturated rings. The molecule has 0 saturated carbocycles. The maximum absolute atomic E-state index is 11.2. The predicted molar refractivity (Wildman–Crippen MR) is 70.0 cm³/mol. The van der Waals surface area contributed by atoms with E-state index in [4.69, 9.17) is 5.11 Å². The second kappa shape index (κ2) is 12.6. The van der Waals surface area contributed by atoms with Crippen LogP contribution in [0.4, 0.5) is 0 Å². The van der Waals surface area contributed by atoms with Crippen molar-refractivity contribution in [1.82, 2.24) is 0 Å². The van der Waals surface area contributed by atoms with Crippen LogP contribution in [0, 0.1) is 0 Å². The summed E-state index contributed by atoms with van der Waals surface area (Å²) >= 11 is 0. The maximum Gasteiger partial charge on any atom is 0.313 e. The van der Waals surface area contributed by atoms with Gasteiger partial charge in [0, 0.05) is 19.4 Å². The molecule has 0 aliphatic heterocycles. The topological polar surface area (TPSA) is 63.6 Å². The van der Waals surface area contributed by atoms with Crippen LogP contribution in [0.1, 0.15) is 71.1 Å².